The summed E-state index contributed by atoms with van der Waals surface area (Å²) in [5, 5.41) is 0. The minimum Gasteiger partial charge on any atom is -0.132 e. The van der Waals surface area contributed by atoms with E-state index in [9.17, 15) is 0 Å². The van der Waals surface area contributed by atoms with Gasteiger partial charge in [0.15, 0.2) is 0 Å². The van der Waals surface area contributed by atoms with Crippen LogP contribution >= 0.6 is 27.3 Å². The Morgan fingerprint density at radius 1 is 1.38 bits per heavy atom. The molecule has 0 bridgehead atoms. The average molecular weight is 273 g/mol. The van der Waals surface area contributed by atoms with E-state index in [0.717, 1.165) is 6.42 Å². The first-order valence-electron chi connectivity index (χ1n) is 4.22. The number of hydrogen-bond acceptors (Lipinski definition) is 1. The van der Waals surface area contributed by atoms with Crippen molar-refractivity contribution in [2.45, 2.75) is 26.1 Å². The third kappa shape index (κ3) is 4.66. The lowest BCUT2D eigenvalue weighted by Gasteiger charge is -2.02. The van der Waals surface area contributed by atoms with Crippen molar-refractivity contribution >= 4 is 35.3 Å². The third-order valence-corrected chi connectivity index (χ3v) is 3.91. The summed E-state index contributed by atoms with van der Waals surface area (Å²) < 4.78 is 1.19. The van der Waals surface area contributed by atoms with Crippen LogP contribution in [0.1, 0.15) is 4.88 Å². The molecular weight excluding hydrogens is 260 g/mol. The quantitative estimate of drug-likeness (QED) is 0.537. The summed E-state index contributed by atoms with van der Waals surface area (Å²) >= 11 is 5.21. The fourth-order valence-corrected chi connectivity index (χ4v) is 2.88. The van der Waals surface area contributed by atoms with Crippen LogP contribution in [-0.4, -0.2) is 8.07 Å². The molecule has 1 aromatic rings. The molecule has 0 spiro atoms. The first-order valence-corrected chi connectivity index (χ1v) is 9.32. The van der Waals surface area contributed by atoms with Gasteiger partial charge in [0.2, 0.25) is 0 Å². The molecule has 0 saturated carbocycles. The molecule has 0 aliphatic heterocycles. The topological polar surface area (TPSA) is 0 Å². The Morgan fingerprint density at radius 3 is 2.54 bits per heavy atom. The van der Waals surface area contributed by atoms with E-state index >= 15 is 0 Å². The molecule has 0 N–H and O–H groups in total. The second-order valence-electron chi connectivity index (χ2n) is 3.93. The summed E-state index contributed by atoms with van der Waals surface area (Å²) in [6.45, 7) is 6.80. The van der Waals surface area contributed by atoms with Crippen LogP contribution in [0.5, 0.6) is 0 Å². The van der Waals surface area contributed by atoms with Gasteiger partial charge < -0.3 is 0 Å². The minimum absolute atomic E-state index is 0.903. The summed E-state index contributed by atoms with van der Waals surface area (Å²) in [6.07, 6.45) is 0.903. The highest BCUT2D eigenvalue weighted by Gasteiger charge is 2.07. The molecule has 1 aromatic heterocycles. The lowest BCUT2D eigenvalue weighted by molar-refractivity contribution is 1.41. The van der Waals surface area contributed by atoms with Gasteiger partial charge in [-0.05, 0) is 28.1 Å². The van der Waals surface area contributed by atoms with E-state index in [2.05, 4.69) is 59.2 Å². The van der Waals surface area contributed by atoms with Crippen molar-refractivity contribution in [1.82, 2.24) is 0 Å². The molecule has 0 amide bonds. The average Bonchev–Trinajstić information content (AvgIpc) is 2.33. The summed E-state index contributed by atoms with van der Waals surface area (Å²) in [7, 11) is -1.17. The lowest BCUT2D eigenvalue weighted by atomic mass is 10.4. The predicted molar refractivity (Wildman–Crippen MR) is 66.8 cm³/mol. The van der Waals surface area contributed by atoms with E-state index in [1.165, 1.54) is 8.66 Å². The Kier molecular flexibility index (Phi) is 3.78. The first kappa shape index (κ1) is 11.0. The maximum atomic E-state index is 3.44. The van der Waals surface area contributed by atoms with Crippen molar-refractivity contribution in [3.63, 3.8) is 0 Å². The molecule has 0 aliphatic carbocycles. The Morgan fingerprint density at radius 2 is 2.08 bits per heavy atom. The zero-order valence-electron chi connectivity index (χ0n) is 8.15. The van der Waals surface area contributed by atoms with Crippen LogP contribution in [0.2, 0.25) is 19.6 Å². The zero-order valence-corrected chi connectivity index (χ0v) is 11.6. The van der Waals surface area contributed by atoms with Gasteiger partial charge in [0.05, 0.1) is 3.79 Å². The summed E-state index contributed by atoms with van der Waals surface area (Å²) in [4.78, 5) is 1.35. The molecule has 0 radical (unpaired) electrons. The maximum absolute atomic E-state index is 3.44. The molecule has 1 heterocycles. The van der Waals surface area contributed by atoms with Crippen molar-refractivity contribution in [2.24, 2.45) is 0 Å². The van der Waals surface area contributed by atoms with Crippen molar-refractivity contribution in [1.29, 1.82) is 0 Å². The Bertz CT molecular complexity index is 338. The molecule has 13 heavy (non-hydrogen) atoms. The molecule has 0 nitrogen and oxygen atoms in total. The highest BCUT2D eigenvalue weighted by molar-refractivity contribution is 9.11. The van der Waals surface area contributed by atoms with E-state index in [1.54, 1.807) is 11.3 Å². The number of rotatable bonds is 1. The van der Waals surface area contributed by atoms with E-state index in [1.807, 2.05) is 0 Å². The molecule has 0 saturated heterocycles. The van der Waals surface area contributed by atoms with E-state index in [0.29, 0.717) is 0 Å². The standard InChI is InChI=1S/C10H13BrSSi/c1-13(2,3)8-4-5-9-6-7-10(11)12-9/h6-7H,5H2,1-3H3. The normalized spacial score (nSPS) is 10.8. The fourth-order valence-electron chi connectivity index (χ4n) is 0.843. The van der Waals surface area contributed by atoms with Crippen LogP contribution in [0.15, 0.2) is 15.9 Å². The monoisotopic (exact) mass is 272 g/mol. The van der Waals surface area contributed by atoms with E-state index in [-0.39, 0.29) is 0 Å². The van der Waals surface area contributed by atoms with Gasteiger partial charge >= 0.3 is 0 Å². The minimum atomic E-state index is -1.17. The summed E-state index contributed by atoms with van der Waals surface area (Å²) in [5.74, 6) is 3.26. The zero-order chi connectivity index (χ0) is 9.90. The van der Waals surface area contributed by atoms with Crippen LogP contribution in [-0.2, 0) is 6.42 Å². The van der Waals surface area contributed by atoms with Gasteiger partial charge in [-0.2, -0.15) is 0 Å². The molecule has 0 fully saturated rings. The Balaban J connectivity index is 2.55. The maximum Gasteiger partial charge on any atom is 0.129 e. The smallest absolute Gasteiger partial charge is 0.129 e. The van der Waals surface area contributed by atoms with Crippen LogP contribution in [0.25, 0.3) is 0 Å². The third-order valence-electron chi connectivity index (χ3n) is 1.35. The molecule has 0 unspecified atom stereocenters. The summed E-state index contributed by atoms with van der Waals surface area (Å²) in [5.41, 5.74) is 3.36. The highest BCUT2D eigenvalue weighted by atomic mass is 79.9. The van der Waals surface area contributed by atoms with Crippen LogP contribution in [0, 0.1) is 11.5 Å². The Labute approximate surface area is 93.5 Å². The number of halogens is 1. The van der Waals surface area contributed by atoms with Gasteiger partial charge in [0.25, 0.3) is 0 Å². The highest BCUT2D eigenvalue weighted by Crippen LogP contribution is 2.22. The van der Waals surface area contributed by atoms with Gasteiger partial charge in [0, 0.05) is 11.3 Å². The van der Waals surface area contributed by atoms with E-state index < -0.39 is 8.07 Å². The van der Waals surface area contributed by atoms with Crippen LogP contribution in [0.3, 0.4) is 0 Å². The van der Waals surface area contributed by atoms with Crippen molar-refractivity contribution in [3.05, 3.63) is 20.8 Å². The van der Waals surface area contributed by atoms with Crippen LogP contribution < -0.4 is 0 Å². The van der Waals surface area contributed by atoms with Gasteiger partial charge in [-0.15, -0.1) is 22.8 Å². The van der Waals surface area contributed by atoms with E-state index in [4.69, 9.17) is 0 Å². The lowest BCUT2D eigenvalue weighted by Crippen LogP contribution is -2.16. The van der Waals surface area contributed by atoms with Gasteiger partial charge in [-0.1, -0.05) is 19.6 Å². The molecule has 0 aromatic carbocycles. The molecule has 0 aliphatic rings. The van der Waals surface area contributed by atoms with Crippen molar-refractivity contribution in [2.75, 3.05) is 0 Å². The largest absolute Gasteiger partial charge is 0.132 e. The predicted octanol–water partition coefficient (Wildman–Crippen LogP) is 3.93. The Hall–Kier alpha value is -0.0431. The fraction of sp³-hybridized carbons (Fsp3) is 0.400. The van der Waals surface area contributed by atoms with Crippen molar-refractivity contribution in [3.8, 4) is 11.5 Å². The number of thiophene rings is 1. The summed E-state index contributed by atoms with van der Waals surface area (Å²) in [6, 6.07) is 4.21. The first-order chi connectivity index (χ1) is 5.97. The van der Waals surface area contributed by atoms with Gasteiger partial charge in [0.1, 0.15) is 8.07 Å². The molecule has 0 atom stereocenters. The molecular formula is C10H13BrSSi. The van der Waals surface area contributed by atoms with Crippen LogP contribution in [0.4, 0.5) is 0 Å². The number of hydrogen-bond donors (Lipinski definition) is 0. The van der Waals surface area contributed by atoms with Crippen molar-refractivity contribution < 1.29 is 0 Å². The molecule has 70 valence electrons. The molecule has 1 rings (SSSR count). The second kappa shape index (κ2) is 4.45. The second-order valence-corrected chi connectivity index (χ2v) is 11.2. The SMILES string of the molecule is C[Si](C)(C)C#CCc1ccc(Br)s1. The van der Waals surface area contributed by atoms with Gasteiger partial charge in [-0.3, -0.25) is 0 Å². The van der Waals surface area contributed by atoms with Gasteiger partial charge in [-0.25, -0.2) is 0 Å². The molecule has 3 heteroatoms.